The molecule has 0 radical (unpaired) electrons. The second-order valence-corrected chi connectivity index (χ2v) is 4.25. The molecule has 72 valence electrons. The third-order valence-corrected chi connectivity index (χ3v) is 3.31. The lowest BCUT2D eigenvalue weighted by molar-refractivity contribution is 0.200. The Balaban J connectivity index is 2.35. The van der Waals surface area contributed by atoms with Crippen molar-refractivity contribution in [2.45, 2.75) is 51.6 Å². The lowest BCUT2D eigenvalue weighted by Gasteiger charge is -2.27. The van der Waals surface area contributed by atoms with Gasteiger partial charge in [0.25, 0.3) is 0 Å². The fourth-order valence-electron chi connectivity index (χ4n) is 2.22. The fourth-order valence-corrected chi connectivity index (χ4v) is 2.36. The maximum atomic E-state index is 4.26. The average molecular weight is 187 g/mol. The van der Waals surface area contributed by atoms with Crippen LogP contribution in [0.5, 0.6) is 0 Å². The summed E-state index contributed by atoms with van der Waals surface area (Å²) < 4.78 is 0. The normalized spacial score (nSPS) is 31.2. The molecule has 1 aliphatic rings. The van der Waals surface area contributed by atoms with Gasteiger partial charge in [0.15, 0.2) is 0 Å². The first kappa shape index (κ1) is 10.4. The zero-order valence-corrected chi connectivity index (χ0v) is 9.19. The summed E-state index contributed by atoms with van der Waals surface area (Å²) in [4.78, 5) is 2.66. The van der Waals surface area contributed by atoms with E-state index in [1.807, 2.05) is 0 Å². The van der Waals surface area contributed by atoms with E-state index in [4.69, 9.17) is 0 Å². The van der Waals surface area contributed by atoms with E-state index in [9.17, 15) is 0 Å². The molecule has 0 aromatic rings. The van der Waals surface area contributed by atoms with E-state index in [2.05, 4.69) is 31.4 Å². The van der Waals surface area contributed by atoms with E-state index in [0.29, 0.717) is 0 Å². The average Bonchev–Trinajstić information content (AvgIpc) is 2.43. The molecule has 0 aromatic heterocycles. The molecule has 12 heavy (non-hydrogen) atoms. The molecule has 1 aliphatic heterocycles. The lowest BCUT2D eigenvalue weighted by atomic mass is 10.1. The highest BCUT2D eigenvalue weighted by Crippen LogP contribution is 2.25. The highest BCUT2D eigenvalue weighted by Gasteiger charge is 2.27. The Kier molecular flexibility index (Phi) is 4.44. The van der Waals surface area contributed by atoms with Crippen LogP contribution in [-0.4, -0.2) is 29.3 Å². The van der Waals surface area contributed by atoms with Gasteiger partial charge in [0.1, 0.15) is 0 Å². The molecule has 0 saturated carbocycles. The van der Waals surface area contributed by atoms with Crippen molar-refractivity contribution in [1.82, 2.24) is 4.90 Å². The minimum atomic E-state index is 0.815. The summed E-state index contributed by atoms with van der Waals surface area (Å²) in [7, 11) is 0. The van der Waals surface area contributed by atoms with E-state index < -0.39 is 0 Å². The molecule has 0 aliphatic carbocycles. The second-order valence-electron chi connectivity index (χ2n) is 3.80. The van der Waals surface area contributed by atoms with Crippen LogP contribution >= 0.6 is 12.6 Å². The van der Waals surface area contributed by atoms with Gasteiger partial charge in [-0.1, -0.05) is 6.92 Å². The molecule has 1 rings (SSSR count). The number of hydrogen-bond acceptors (Lipinski definition) is 2. The number of rotatable bonds is 4. The van der Waals surface area contributed by atoms with Gasteiger partial charge in [-0.15, -0.1) is 0 Å². The van der Waals surface area contributed by atoms with Crippen molar-refractivity contribution in [3.05, 3.63) is 0 Å². The fraction of sp³-hybridized carbons (Fsp3) is 1.00. The zero-order chi connectivity index (χ0) is 8.97. The Morgan fingerprint density at radius 3 is 2.75 bits per heavy atom. The molecule has 2 atom stereocenters. The number of likely N-dealkylation sites (tertiary alicyclic amines) is 1. The van der Waals surface area contributed by atoms with Gasteiger partial charge in [0.05, 0.1) is 0 Å². The van der Waals surface area contributed by atoms with Crippen LogP contribution in [-0.2, 0) is 0 Å². The van der Waals surface area contributed by atoms with Crippen molar-refractivity contribution in [1.29, 1.82) is 0 Å². The van der Waals surface area contributed by atoms with Crippen molar-refractivity contribution in [2.24, 2.45) is 0 Å². The summed E-state index contributed by atoms with van der Waals surface area (Å²) >= 11 is 4.26. The quantitative estimate of drug-likeness (QED) is 0.662. The van der Waals surface area contributed by atoms with E-state index in [1.54, 1.807) is 0 Å². The summed E-state index contributed by atoms with van der Waals surface area (Å²) in [6.45, 7) is 5.91. The first-order valence-corrected chi connectivity index (χ1v) is 5.79. The maximum Gasteiger partial charge on any atom is 0.00960 e. The summed E-state index contributed by atoms with van der Waals surface area (Å²) in [6.07, 6.45) is 5.36. The van der Waals surface area contributed by atoms with Gasteiger partial charge >= 0.3 is 0 Å². The first-order chi connectivity index (χ1) is 5.79. The summed E-state index contributed by atoms with van der Waals surface area (Å²) in [5.74, 6) is 1.03. The number of thiol groups is 1. The molecule has 0 amide bonds. The SMILES string of the molecule is CCC1CCC(C)N1CCCS. The molecule has 2 unspecified atom stereocenters. The van der Waals surface area contributed by atoms with Gasteiger partial charge in [-0.25, -0.2) is 0 Å². The zero-order valence-electron chi connectivity index (χ0n) is 8.29. The predicted molar refractivity (Wildman–Crippen MR) is 58.0 cm³/mol. The predicted octanol–water partition coefficient (Wildman–Crippen LogP) is 2.57. The maximum absolute atomic E-state index is 4.26. The minimum absolute atomic E-state index is 0.815. The van der Waals surface area contributed by atoms with Crippen LogP contribution in [0.15, 0.2) is 0 Å². The molecule has 1 nitrogen and oxygen atoms in total. The van der Waals surface area contributed by atoms with Crippen molar-refractivity contribution in [3.8, 4) is 0 Å². The molecule has 1 fully saturated rings. The standard InChI is InChI=1S/C10H21NS/c1-3-10-6-5-9(2)11(10)7-4-8-12/h9-10,12H,3-8H2,1-2H3. The molecule has 0 spiro atoms. The van der Waals surface area contributed by atoms with Crippen LogP contribution in [0.4, 0.5) is 0 Å². The van der Waals surface area contributed by atoms with Crippen molar-refractivity contribution >= 4 is 12.6 Å². The van der Waals surface area contributed by atoms with Crippen molar-refractivity contribution in [3.63, 3.8) is 0 Å². The summed E-state index contributed by atoms with van der Waals surface area (Å²) in [6, 6.07) is 1.68. The largest absolute Gasteiger partial charge is 0.298 e. The van der Waals surface area contributed by atoms with Crippen molar-refractivity contribution in [2.75, 3.05) is 12.3 Å². The Hall–Kier alpha value is 0.310. The topological polar surface area (TPSA) is 3.24 Å². The summed E-state index contributed by atoms with van der Waals surface area (Å²) in [5, 5.41) is 0. The van der Waals surface area contributed by atoms with E-state index in [1.165, 1.54) is 32.2 Å². The Morgan fingerprint density at radius 1 is 1.42 bits per heavy atom. The van der Waals surface area contributed by atoms with E-state index in [0.717, 1.165) is 17.8 Å². The van der Waals surface area contributed by atoms with E-state index in [-0.39, 0.29) is 0 Å². The lowest BCUT2D eigenvalue weighted by Crippen LogP contribution is -2.35. The van der Waals surface area contributed by atoms with Gasteiger partial charge in [-0.05, 0) is 44.9 Å². The third kappa shape index (κ3) is 2.40. The van der Waals surface area contributed by atoms with Crippen LogP contribution in [0, 0.1) is 0 Å². The van der Waals surface area contributed by atoms with Crippen LogP contribution in [0.25, 0.3) is 0 Å². The van der Waals surface area contributed by atoms with Crippen LogP contribution in [0.1, 0.15) is 39.5 Å². The highest BCUT2D eigenvalue weighted by molar-refractivity contribution is 7.80. The summed E-state index contributed by atoms with van der Waals surface area (Å²) in [5.41, 5.74) is 0. The molecule has 1 saturated heterocycles. The molecule has 1 heterocycles. The highest BCUT2D eigenvalue weighted by atomic mass is 32.1. The molecule has 0 bridgehead atoms. The molecule has 0 aromatic carbocycles. The Bertz CT molecular complexity index is 127. The number of nitrogens with zero attached hydrogens (tertiary/aromatic N) is 1. The van der Waals surface area contributed by atoms with Gasteiger partial charge in [-0.3, -0.25) is 4.90 Å². The third-order valence-electron chi connectivity index (χ3n) is 3.00. The smallest absolute Gasteiger partial charge is 0.00960 e. The number of hydrogen-bond donors (Lipinski definition) is 1. The van der Waals surface area contributed by atoms with Gasteiger partial charge in [-0.2, -0.15) is 12.6 Å². The van der Waals surface area contributed by atoms with Gasteiger partial charge in [0, 0.05) is 12.1 Å². The van der Waals surface area contributed by atoms with Gasteiger partial charge < -0.3 is 0 Å². The minimum Gasteiger partial charge on any atom is -0.298 e. The first-order valence-electron chi connectivity index (χ1n) is 5.16. The Labute approximate surface area is 81.9 Å². The van der Waals surface area contributed by atoms with Gasteiger partial charge in [0.2, 0.25) is 0 Å². The molecule has 0 N–H and O–H groups in total. The molecule has 2 heteroatoms. The second kappa shape index (κ2) is 5.13. The van der Waals surface area contributed by atoms with E-state index >= 15 is 0 Å². The monoisotopic (exact) mass is 187 g/mol. The van der Waals surface area contributed by atoms with Crippen LogP contribution in [0.2, 0.25) is 0 Å². The Morgan fingerprint density at radius 2 is 2.17 bits per heavy atom. The van der Waals surface area contributed by atoms with Crippen LogP contribution in [0.3, 0.4) is 0 Å². The molecular weight excluding hydrogens is 166 g/mol. The molecular formula is C10H21NS. The van der Waals surface area contributed by atoms with Crippen LogP contribution < -0.4 is 0 Å². The van der Waals surface area contributed by atoms with Crippen molar-refractivity contribution < 1.29 is 0 Å².